The molecule has 2 bridgehead atoms. The van der Waals surface area contributed by atoms with Crippen LogP contribution in [0, 0.1) is 0 Å². The van der Waals surface area contributed by atoms with Crippen LogP contribution in [-0.4, -0.2) is 56.9 Å². The van der Waals surface area contributed by atoms with Crippen molar-refractivity contribution in [2.75, 3.05) is 23.7 Å². The Balaban J connectivity index is 1.32. The molecule has 3 amide bonds. The average molecular weight is 504 g/mol. The zero-order valence-electron chi connectivity index (χ0n) is 20.2. The van der Waals surface area contributed by atoms with E-state index in [2.05, 4.69) is 25.9 Å². The predicted octanol–water partition coefficient (Wildman–Crippen LogP) is 4.19. The Morgan fingerprint density at radius 3 is 2.44 bits per heavy atom. The van der Waals surface area contributed by atoms with Crippen LogP contribution in [0.4, 0.5) is 35.4 Å². The van der Waals surface area contributed by atoms with Gasteiger partial charge in [-0.2, -0.15) is 18.2 Å². The second kappa shape index (κ2) is 8.82. The largest absolute Gasteiger partial charge is 0.421 e. The number of urea groups is 1. The maximum Gasteiger partial charge on any atom is 0.421 e. The Hall–Kier alpha value is -3.57. The second-order valence-electron chi connectivity index (χ2n) is 9.81. The van der Waals surface area contributed by atoms with Crippen molar-refractivity contribution < 1.29 is 22.8 Å². The van der Waals surface area contributed by atoms with Crippen molar-refractivity contribution in [1.82, 2.24) is 25.1 Å². The summed E-state index contributed by atoms with van der Waals surface area (Å²) in [5.74, 6) is -0.283. The van der Waals surface area contributed by atoms with Crippen LogP contribution in [0.25, 0.3) is 0 Å². The monoisotopic (exact) mass is 503 g/mol. The SMILES string of the molecule is CC(=O)N1C2CCC1c1cc(Nc3ncc(C(F)(F)F)c(NC4CN(C(=O)NC(C)C)C4)n3)ccc12. The van der Waals surface area contributed by atoms with Crippen LogP contribution in [0.1, 0.15) is 62.4 Å². The highest BCUT2D eigenvalue weighted by Gasteiger charge is 2.45. The summed E-state index contributed by atoms with van der Waals surface area (Å²) < 4.78 is 40.9. The number of fused-ring (bicyclic) bond motifs is 5. The molecule has 12 heteroatoms. The van der Waals surface area contributed by atoms with Gasteiger partial charge in [-0.25, -0.2) is 9.78 Å². The number of nitrogens with one attached hydrogen (secondary N) is 3. The maximum atomic E-state index is 13.6. The van der Waals surface area contributed by atoms with Crippen molar-refractivity contribution in [3.05, 3.63) is 41.1 Å². The molecule has 2 aromatic rings. The summed E-state index contributed by atoms with van der Waals surface area (Å²) in [6, 6.07) is 5.15. The molecule has 3 aliphatic heterocycles. The van der Waals surface area contributed by atoms with Gasteiger partial charge in [-0.1, -0.05) is 6.07 Å². The zero-order valence-corrected chi connectivity index (χ0v) is 20.2. The first-order valence-corrected chi connectivity index (χ1v) is 12.0. The highest BCUT2D eigenvalue weighted by Crippen LogP contribution is 2.53. The molecule has 5 rings (SSSR count). The van der Waals surface area contributed by atoms with Crippen LogP contribution in [-0.2, 0) is 11.0 Å². The minimum Gasteiger partial charge on any atom is -0.363 e. The van der Waals surface area contributed by atoms with Gasteiger partial charge in [-0.15, -0.1) is 0 Å². The quantitative estimate of drug-likeness (QED) is 0.566. The molecule has 9 nitrogen and oxygen atoms in total. The molecule has 0 saturated carbocycles. The van der Waals surface area contributed by atoms with Crippen LogP contribution >= 0.6 is 0 Å². The van der Waals surface area contributed by atoms with E-state index < -0.39 is 11.7 Å². The number of alkyl halides is 3. The van der Waals surface area contributed by atoms with E-state index >= 15 is 0 Å². The predicted molar refractivity (Wildman–Crippen MR) is 127 cm³/mol. The maximum absolute atomic E-state index is 13.6. The topological polar surface area (TPSA) is 102 Å². The molecule has 0 radical (unpaired) electrons. The lowest BCUT2D eigenvalue weighted by molar-refractivity contribution is -0.137. The Bertz CT molecular complexity index is 1200. The number of carbonyl (C=O) groups excluding carboxylic acids is 2. The summed E-state index contributed by atoms with van der Waals surface area (Å²) in [5.41, 5.74) is 1.82. The van der Waals surface area contributed by atoms with Gasteiger partial charge in [0.25, 0.3) is 0 Å². The van der Waals surface area contributed by atoms with Crippen molar-refractivity contribution in [3.63, 3.8) is 0 Å². The Morgan fingerprint density at radius 2 is 1.81 bits per heavy atom. The molecule has 4 heterocycles. The van der Waals surface area contributed by atoms with E-state index in [0.29, 0.717) is 5.69 Å². The number of hydrogen-bond donors (Lipinski definition) is 3. The molecular weight excluding hydrogens is 475 g/mol. The molecular formula is C24H28F3N7O2. The summed E-state index contributed by atoms with van der Waals surface area (Å²) in [5, 5.41) is 8.59. The number of likely N-dealkylation sites (tertiary alicyclic amines) is 1. The first-order chi connectivity index (χ1) is 17.0. The molecule has 2 atom stereocenters. The van der Waals surface area contributed by atoms with Gasteiger partial charge in [0.15, 0.2) is 0 Å². The Labute approximate surface area is 206 Å². The molecule has 0 aliphatic carbocycles. The molecule has 2 fully saturated rings. The molecule has 1 aromatic heterocycles. The van der Waals surface area contributed by atoms with E-state index in [0.717, 1.165) is 30.2 Å². The van der Waals surface area contributed by atoms with E-state index in [1.165, 1.54) is 4.90 Å². The van der Waals surface area contributed by atoms with Crippen LogP contribution in [0.5, 0.6) is 0 Å². The van der Waals surface area contributed by atoms with E-state index in [-0.39, 0.29) is 61.0 Å². The standard InChI is InChI=1S/C24H28F3N7O2/c1-12(2)29-23(36)33-10-15(11-33)30-21-18(24(25,26)27)9-28-22(32-21)31-14-4-5-16-17(8-14)20-7-6-19(16)34(20)13(3)35/h4-5,8-9,12,15,19-20H,6-7,10-11H2,1-3H3,(H,29,36)(H2,28,30,31,32). The first kappa shape index (κ1) is 24.1. The van der Waals surface area contributed by atoms with Gasteiger partial charge >= 0.3 is 12.2 Å². The summed E-state index contributed by atoms with van der Waals surface area (Å²) in [6.45, 7) is 5.77. The number of amides is 3. The average Bonchev–Trinajstić information content (AvgIpc) is 3.32. The first-order valence-electron chi connectivity index (χ1n) is 12.0. The lowest BCUT2D eigenvalue weighted by Gasteiger charge is -2.40. The summed E-state index contributed by atoms with van der Waals surface area (Å²) in [7, 11) is 0. The van der Waals surface area contributed by atoms with Gasteiger partial charge in [0.2, 0.25) is 11.9 Å². The number of halogens is 3. The molecule has 2 saturated heterocycles. The normalized spacial score (nSPS) is 20.9. The number of anilines is 3. The van der Waals surface area contributed by atoms with Crippen molar-refractivity contribution >= 4 is 29.4 Å². The third-order valence-corrected chi connectivity index (χ3v) is 6.83. The van der Waals surface area contributed by atoms with Gasteiger partial charge in [0.05, 0.1) is 18.1 Å². The lowest BCUT2D eigenvalue weighted by Crippen LogP contribution is -2.60. The van der Waals surface area contributed by atoms with Crippen molar-refractivity contribution in [2.24, 2.45) is 0 Å². The van der Waals surface area contributed by atoms with Crippen molar-refractivity contribution in [3.8, 4) is 0 Å². The summed E-state index contributed by atoms with van der Waals surface area (Å²) in [6.07, 6.45) is -2.06. The van der Waals surface area contributed by atoms with Gasteiger partial charge < -0.3 is 25.8 Å². The summed E-state index contributed by atoms with van der Waals surface area (Å²) in [4.78, 5) is 35.6. The van der Waals surface area contributed by atoms with Crippen LogP contribution < -0.4 is 16.0 Å². The van der Waals surface area contributed by atoms with Crippen LogP contribution in [0.3, 0.4) is 0 Å². The number of rotatable bonds is 5. The third kappa shape index (κ3) is 4.40. The van der Waals surface area contributed by atoms with Gasteiger partial charge in [-0.3, -0.25) is 4.79 Å². The number of nitrogens with zero attached hydrogens (tertiary/aromatic N) is 4. The number of hydrogen-bond acceptors (Lipinski definition) is 6. The van der Waals surface area contributed by atoms with E-state index in [1.54, 1.807) is 6.92 Å². The van der Waals surface area contributed by atoms with E-state index in [4.69, 9.17) is 0 Å². The van der Waals surface area contributed by atoms with Crippen LogP contribution in [0.2, 0.25) is 0 Å². The van der Waals surface area contributed by atoms with Gasteiger partial charge in [0.1, 0.15) is 11.4 Å². The molecule has 2 unspecified atom stereocenters. The molecule has 36 heavy (non-hydrogen) atoms. The molecule has 1 aromatic carbocycles. The summed E-state index contributed by atoms with van der Waals surface area (Å²) >= 11 is 0. The van der Waals surface area contributed by atoms with E-state index in [1.807, 2.05) is 36.9 Å². The minimum absolute atomic E-state index is 0.0180. The highest BCUT2D eigenvalue weighted by molar-refractivity contribution is 5.77. The third-order valence-electron chi connectivity index (χ3n) is 6.83. The molecule has 192 valence electrons. The highest BCUT2D eigenvalue weighted by atomic mass is 19.4. The smallest absolute Gasteiger partial charge is 0.363 e. The molecule has 0 spiro atoms. The second-order valence-corrected chi connectivity index (χ2v) is 9.81. The zero-order chi connectivity index (χ0) is 25.8. The van der Waals surface area contributed by atoms with Crippen LogP contribution in [0.15, 0.2) is 24.4 Å². The molecule has 3 N–H and O–H groups in total. The Morgan fingerprint density at radius 1 is 1.11 bits per heavy atom. The number of benzene rings is 1. The Kier molecular flexibility index (Phi) is 5.92. The minimum atomic E-state index is -4.64. The van der Waals surface area contributed by atoms with Crippen molar-refractivity contribution in [2.45, 2.75) is 64.0 Å². The number of carbonyl (C=O) groups is 2. The number of aromatic nitrogens is 2. The fourth-order valence-electron chi connectivity index (χ4n) is 5.26. The fourth-order valence-corrected chi connectivity index (χ4v) is 5.26. The lowest BCUT2D eigenvalue weighted by atomic mass is 9.91. The van der Waals surface area contributed by atoms with Gasteiger partial charge in [0, 0.05) is 37.9 Å². The fraction of sp³-hybridized carbons (Fsp3) is 0.500. The van der Waals surface area contributed by atoms with E-state index in [9.17, 15) is 22.8 Å². The molecule has 3 aliphatic rings. The van der Waals surface area contributed by atoms with Gasteiger partial charge in [-0.05, 0) is 49.9 Å². The van der Waals surface area contributed by atoms with Crippen molar-refractivity contribution in [1.29, 1.82) is 0 Å².